The number of carbonyl (C=O) groups is 1. The number of fused-ring (bicyclic) bond motifs is 3. The molecule has 0 radical (unpaired) electrons. The minimum Gasteiger partial charge on any atom is -0.293 e. The maximum absolute atomic E-state index is 12.4. The summed E-state index contributed by atoms with van der Waals surface area (Å²) in [4.78, 5) is 17.0. The van der Waals surface area contributed by atoms with Crippen LogP contribution in [0.1, 0.15) is 10.4 Å². The Morgan fingerprint density at radius 1 is 1.00 bits per heavy atom. The van der Waals surface area contributed by atoms with E-state index in [0.717, 1.165) is 15.5 Å². The third-order valence-corrected chi connectivity index (χ3v) is 5.92. The molecule has 9 heteroatoms. The van der Waals surface area contributed by atoms with Crippen LogP contribution in [-0.4, -0.2) is 40.9 Å². The van der Waals surface area contributed by atoms with Crippen molar-refractivity contribution in [3.8, 4) is 5.69 Å². The molecule has 5 aromatic rings. The molecule has 0 aliphatic carbocycles. The number of para-hydroxylation sites is 1. The van der Waals surface area contributed by atoms with Gasteiger partial charge < -0.3 is 0 Å². The van der Waals surface area contributed by atoms with Crippen LogP contribution in [0.15, 0.2) is 76.8 Å². The molecule has 0 bridgehead atoms. The minimum atomic E-state index is 0.0326. The second kappa shape index (κ2) is 7.41. The first-order valence-electron chi connectivity index (χ1n) is 8.75. The Morgan fingerprint density at radius 2 is 1.79 bits per heavy atom. The Hall–Kier alpha value is -3.04. The van der Waals surface area contributed by atoms with Gasteiger partial charge in [0.15, 0.2) is 22.2 Å². The second-order valence-corrected chi connectivity index (χ2v) is 8.13. The molecular formula is C20H13BrN6OS. The first-order chi connectivity index (χ1) is 14.2. The van der Waals surface area contributed by atoms with Crippen molar-refractivity contribution in [3.63, 3.8) is 0 Å². The normalized spacial score (nSPS) is 11.3. The first kappa shape index (κ1) is 18.0. The van der Waals surface area contributed by atoms with Gasteiger partial charge >= 0.3 is 0 Å². The van der Waals surface area contributed by atoms with E-state index in [9.17, 15) is 4.79 Å². The number of hydrogen-bond acceptors (Lipinski definition) is 6. The van der Waals surface area contributed by atoms with E-state index in [-0.39, 0.29) is 11.5 Å². The molecule has 0 unspecified atom stereocenters. The molecule has 0 fully saturated rings. The quantitative estimate of drug-likeness (QED) is 0.286. The predicted octanol–water partition coefficient (Wildman–Crippen LogP) is 4.20. The lowest BCUT2D eigenvalue weighted by Crippen LogP contribution is -2.03. The van der Waals surface area contributed by atoms with Gasteiger partial charge in [0.2, 0.25) is 0 Å². The van der Waals surface area contributed by atoms with Crippen LogP contribution < -0.4 is 0 Å². The molecule has 0 aliphatic rings. The number of rotatable bonds is 5. The summed E-state index contributed by atoms with van der Waals surface area (Å²) in [6.07, 6.45) is 3.41. The van der Waals surface area contributed by atoms with E-state index in [1.807, 2.05) is 42.5 Å². The summed E-state index contributed by atoms with van der Waals surface area (Å²) in [6.45, 7) is 0. The van der Waals surface area contributed by atoms with Gasteiger partial charge in [0.25, 0.3) is 0 Å². The van der Waals surface area contributed by atoms with E-state index in [1.165, 1.54) is 11.8 Å². The van der Waals surface area contributed by atoms with E-state index < -0.39 is 0 Å². The molecule has 0 amide bonds. The Bertz CT molecular complexity index is 1330. The third-order valence-electron chi connectivity index (χ3n) is 4.44. The molecule has 142 valence electrons. The molecule has 5 rings (SSSR count). The molecule has 0 aliphatic heterocycles. The van der Waals surface area contributed by atoms with Gasteiger partial charge in [-0.3, -0.25) is 9.20 Å². The van der Waals surface area contributed by atoms with Crippen molar-refractivity contribution in [2.24, 2.45) is 0 Å². The van der Waals surface area contributed by atoms with Crippen molar-refractivity contribution < 1.29 is 4.79 Å². The smallest absolute Gasteiger partial charge is 0.197 e. The summed E-state index contributed by atoms with van der Waals surface area (Å²) in [6, 6.07) is 17.1. The Kier molecular flexibility index (Phi) is 4.61. The van der Waals surface area contributed by atoms with E-state index in [0.29, 0.717) is 22.0 Å². The molecule has 7 nitrogen and oxygen atoms in total. The zero-order chi connectivity index (χ0) is 19.8. The summed E-state index contributed by atoms with van der Waals surface area (Å²) < 4.78 is 4.50. The zero-order valence-corrected chi connectivity index (χ0v) is 17.3. The van der Waals surface area contributed by atoms with E-state index >= 15 is 0 Å². The molecular weight excluding hydrogens is 452 g/mol. The number of thioether (sulfide) groups is 1. The number of aromatic nitrogens is 6. The van der Waals surface area contributed by atoms with Crippen LogP contribution in [0.4, 0.5) is 0 Å². The fourth-order valence-electron chi connectivity index (χ4n) is 3.01. The van der Waals surface area contributed by atoms with Crippen molar-refractivity contribution in [3.05, 3.63) is 77.2 Å². The van der Waals surface area contributed by atoms with Crippen LogP contribution in [0.25, 0.3) is 22.4 Å². The van der Waals surface area contributed by atoms with Crippen LogP contribution in [0.5, 0.6) is 0 Å². The highest BCUT2D eigenvalue weighted by Gasteiger charge is 2.16. The largest absolute Gasteiger partial charge is 0.293 e. The Morgan fingerprint density at radius 3 is 2.59 bits per heavy atom. The van der Waals surface area contributed by atoms with Crippen molar-refractivity contribution in [1.82, 2.24) is 29.4 Å². The van der Waals surface area contributed by atoms with E-state index in [2.05, 4.69) is 36.2 Å². The number of benzene rings is 2. The molecule has 0 spiro atoms. The molecule has 0 saturated heterocycles. The van der Waals surface area contributed by atoms with Gasteiger partial charge in [-0.1, -0.05) is 58.0 Å². The fraction of sp³-hybridized carbons (Fsp3) is 0.0500. The number of carbonyl (C=O) groups excluding carboxylic acids is 1. The summed E-state index contributed by atoms with van der Waals surface area (Å²) in [5, 5.41) is 14.4. The first-order valence-corrected chi connectivity index (χ1v) is 10.5. The SMILES string of the molecule is O=C(CSc1nnc2c3cnn(-c4ccccc4)c3ncn12)c1ccc(Br)cc1. The summed E-state index contributed by atoms with van der Waals surface area (Å²) in [7, 11) is 0. The topological polar surface area (TPSA) is 78.0 Å². The molecule has 3 aromatic heterocycles. The second-order valence-electron chi connectivity index (χ2n) is 6.27. The highest BCUT2D eigenvalue weighted by molar-refractivity contribution is 9.10. The summed E-state index contributed by atoms with van der Waals surface area (Å²) >= 11 is 4.71. The maximum atomic E-state index is 12.4. The van der Waals surface area contributed by atoms with E-state index in [4.69, 9.17) is 0 Å². The highest BCUT2D eigenvalue weighted by Crippen LogP contribution is 2.24. The van der Waals surface area contributed by atoms with Crippen LogP contribution in [0, 0.1) is 0 Å². The lowest BCUT2D eigenvalue weighted by atomic mass is 10.2. The van der Waals surface area contributed by atoms with Gasteiger partial charge in [-0.05, 0) is 24.3 Å². The lowest BCUT2D eigenvalue weighted by Gasteiger charge is -2.03. The van der Waals surface area contributed by atoms with Gasteiger partial charge in [0.05, 0.1) is 23.0 Å². The standard InChI is InChI=1S/C20H13BrN6OS/c21-14-8-6-13(7-9-14)17(28)11-29-20-25-24-19-16-10-23-27(15-4-2-1-3-5-15)18(16)22-12-26(19)20/h1-10,12H,11H2. The van der Waals surface area contributed by atoms with Gasteiger partial charge in [-0.15, -0.1) is 10.2 Å². The number of halogens is 1. The number of Topliss-reactive ketones (excluding diaryl/α,β-unsaturated/α-hetero) is 1. The van der Waals surface area contributed by atoms with Crippen LogP contribution >= 0.6 is 27.7 Å². The van der Waals surface area contributed by atoms with Crippen molar-refractivity contribution in [1.29, 1.82) is 0 Å². The Labute approximate surface area is 177 Å². The summed E-state index contributed by atoms with van der Waals surface area (Å²) in [5.41, 5.74) is 2.96. The average Bonchev–Trinajstić information content (AvgIpc) is 3.37. The molecule has 0 saturated carbocycles. The van der Waals surface area contributed by atoms with Gasteiger partial charge in [0.1, 0.15) is 6.33 Å². The fourth-order valence-corrected chi connectivity index (χ4v) is 4.07. The number of ketones is 1. The molecule has 2 aromatic carbocycles. The van der Waals surface area contributed by atoms with Crippen LogP contribution in [0.3, 0.4) is 0 Å². The monoisotopic (exact) mass is 464 g/mol. The minimum absolute atomic E-state index is 0.0326. The maximum Gasteiger partial charge on any atom is 0.197 e. The number of hydrogen-bond donors (Lipinski definition) is 0. The molecule has 0 N–H and O–H groups in total. The zero-order valence-electron chi connectivity index (χ0n) is 14.9. The summed E-state index contributed by atoms with van der Waals surface area (Å²) in [5.74, 6) is 0.300. The third kappa shape index (κ3) is 3.32. The van der Waals surface area contributed by atoms with Crippen molar-refractivity contribution in [2.75, 3.05) is 5.75 Å². The van der Waals surface area contributed by atoms with E-state index in [1.54, 1.807) is 33.7 Å². The van der Waals surface area contributed by atoms with Crippen LogP contribution in [-0.2, 0) is 0 Å². The predicted molar refractivity (Wildman–Crippen MR) is 115 cm³/mol. The highest BCUT2D eigenvalue weighted by atomic mass is 79.9. The molecule has 29 heavy (non-hydrogen) atoms. The van der Waals surface area contributed by atoms with Gasteiger partial charge in [-0.2, -0.15) is 5.10 Å². The van der Waals surface area contributed by atoms with Gasteiger partial charge in [0, 0.05) is 10.0 Å². The van der Waals surface area contributed by atoms with Gasteiger partial charge in [-0.25, -0.2) is 9.67 Å². The number of nitrogens with zero attached hydrogens (tertiary/aromatic N) is 6. The Balaban J connectivity index is 1.44. The van der Waals surface area contributed by atoms with Crippen molar-refractivity contribution >= 4 is 50.2 Å². The average molecular weight is 465 g/mol. The van der Waals surface area contributed by atoms with Crippen molar-refractivity contribution in [2.45, 2.75) is 5.16 Å². The van der Waals surface area contributed by atoms with Crippen LogP contribution in [0.2, 0.25) is 0 Å². The molecule has 3 heterocycles. The lowest BCUT2D eigenvalue weighted by molar-refractivity contribution is 0.102. The molecule has 0 atom stereocenters.